The zero-order valence-corrected chi connectivity index (χ0v) is 17.6. The summed E-state index contributed by atoms with van der Waals surface area (Å²) in [5.41, 5.74) is 2.06. The number of hydrogen-bond donors (Lipinski definition) is 1. The number of sulfonamides is 1. The highest BCUT2D eigenvalue weighted by molar-refractivity contribution is 7.92. The summed E-state index contributed by atoms with van der Waals surface area (Å²) in [5, 5.41) is 2.89. The van der Waals surface area contributed by atoms with E-state index in [0.29, 0.717) is 24.4 Å². The molecule has 0 aliphatic rings. The summed E-state index contributed by atoms with van der Waals surface area (Å²) in [6, 6.07) is 14.1. The number of nitrogens with zero attached hydrogens (tertiary/aromatic N) is 1. The summed E-state index contributed by atoms with van der Waals surface area (Å²) in [4.78, 5) is 12.4. The van der Waals surface area contributed by atoms with Crippen LogP contribution in [0.4, 0.5) is 5.69 Å². The van der Waals surface area contributed by atoms with Crippen molar-refractivity contribution in [1.29, 1.82) is 0 Å². The zero-order chi connectivity index (χ0) is 20.7. The normalized spacial score (nSPS) is 12.3. The maximum absolute atomic E-state index is 12.4. The highest BCUT2D eigenvalue weighted by atomic mass is 32.2. The Labute approximate surface area is 167 Å². The standard InChI is InChI=1S/C21H28N2O4S/c1-5-23(28(25,26)6-2)19-13-11-18(12-14-19)21(24)22-17(4)15-27-20-10-8-7-9-16(20)3/h7-14,17H,5-6,15H2,1-4H3,(H,22,24)/t17-/m0/s1. The summed E-state index contributed by atoms with van der Waals surface area (Å²) in [7, 11) is -3.34. The summed E-state index contributed by atoms with van der Waals surface area (Å²) >= 11 is 0. The second kappa shape index (κ2) is 9.59. The van der Waals surface area contributed by atoms with E-state index in [4.69, 9.17) is 4.74 Å². The van der Waals surface area contributed by atoms with Gasteiger partial charge in [-0.1, -0.05) is 18.2 Å². The molecule has 1 N–H and O–H groups in total. The summed E-state index contributed by atoms with van der Waals surface area (Å²) in [5.74, 6) is 0.597. The molecule has 0 fully saturated rings. The molecule has 2 aromatic carbocycles. The van der Waals surface area contributed by atoms with E-state index in [1.165, 1.54) is 4.31 Å². The van der Waals surface area contributed by atoms with Crippen LogP contribution in [0.1, 0.15) is 36.7 Å². The molecule has 28 heavy (non-hydrogen) atoms. The van der Waals surface area contributed by atoms with Crippen molar-refractivity contribution in [3.8, 4) is 5.75 Å². The highest BCUT2D eigenvalue weighted by Crippen LogP contribution is 2.19. The number of carbonyl (C=O) groups is 1. The van der Waals surface area contributed by atoms with Crippen molar-refractivity contribution in [3.63, 3.8) is 0 Å². The van der Waals surface area contributed by atoms with Crippen molar-refractivity contribution in [2.45, 2.75) is 33.7 Å². The Hall–Kier alpha value is -2.54. The molecule has 0 saturated carbocycles. The molecule has 152 valence electrons. The van der Waals surface area contributed by atoms with Gasteiger partial charge in [0.2, 0.25) is 10.0 Å². The molecule has 0 bridgehead atoms. The van der Waals surface area contributed by atoms with Gasteiger partial charge in [0.05, 0.1) is 17.5 Å². The Kier molecular flexibility index (Phi) is 7.45. The summed E-state index contributed by atoms with van der Waals surface area (Å²) < 4.78 is 31.4. The average Bonchev–Trinajstić information content (AvgIpc) is 2.68. The first kappa shape index (κ1) is 21.8. The van der Waals surface area contributed by atoms with E-state index < -0.39 is 10.0 Å². The Morgan fingerprint density at radius 2 is 1.75 bits per heavy atom. The van der Waals surface area contributed by atoms with Crippen LogP contribution >= 0.6 is 0 Å². The molecule has 1 atom stereocenters. The van der Waals surface area contributed by atoms with Crippen molar-refractivity contribution in [1.82, 2.24) is 5.32 Å². The number of ether oxygens (including phenoxy) is 1. The van der Waals surface area contributed by atoms with Gasteiger partial charge in [-0.05, 0) is 63.6 Å². The smallest absolute Gasteiger partial charge is 0.251 e. The second-order valence-electron chi connectivity index (χ2n) is 6.56. The van der Waals surface area contributed by atoms with Crippen molar-refractivity contribution >= 4 is 21.6 Å². The van der Waals surface area contributed by atoms with Crippen LogP contribution in [0.25, 0.3) is 0 Å². The van der Waals surface area contributed by atoms with Crippen molar-refractivity contribution in [3.05, 3.63) is 59.7 Å². The average molecular weight is 405 g/mol. The quantitative estimate of drug-likeness (QED) is 0.695. The van der Waals surface area contributed by atoms with Crippen LogP contribution in [0.2, 0.25) is 0 Å². The van der Waals surface area contributed by atoms with Gasteiger partial charge in [0.15, 0.2) is 0 Å². The molecule has 2 rings (SSSR count). The third-order valence-corrected chi connectivity index (χ3v) is 6.24. The third-order valence-electron chi connectivity index (χ3n) is 4.37. The number of anilines is 1. The predicted octanol–water partition coefficient (Wildman–Crippen LogP) is 3.37. The monoisotopic (exact) mass is 404 g/mol. The van der Waals surface area contributed by atoms with E-state index in [0.717, 1.165) is 11.3 Å². The van der Waals surface area contributed by atoms with Gasteiger partial charge in [-0.3, -0.25) is 9.10 Å². The first-order valence-corrected chi connectivity index (χ1v) is 11.0. The van der Waals surface area contributed by atoms with E-state index in [9.17, 15) is 13.2 Å². The van der Waals surface area contributed by atoms with Crippen molar-refractivity contribution in [2.75, 3.05) is 23.2 Å². The van der Waals surface area contributed by atoms with E-state index in [2.05, 4.69) is 5.32 Å². The molecule has 0 aliphatic carbocycles. The van der Waals surface area contributed by atoms with Crippen LogP contribution in [0.15, 0.2) is 48.5 Å². The maximum Gasteiger partial charge on any atom is 0.251 e. The van der Waals surface area contributed by atoms with Crippen LogP contribution in [0.3, 0.4) is 0 Å². The SMILES string of the molecule is CCN(c1ccc(C(=O)N[C@@H](C)COc2ccccc2C)cc1)S(=O)(=O)CC. The van der Waals surface area contributed by atoms with Gasteiger partial charge >= 0.3 is 0 Å². The fourth-order valence-electron chi connectivity index (χ4n) is 2.76. The Bertz CT molecular complexity index is 895. The molecule has 6 nitrogen and oxygen atoms in total. The zero-order valence-electron chi connectivity index (χ0n) is 16.8. The number of aryl methyl sites for hydroxylation is 1. The Morgan fingerprint density at radius 1 is 1.11 bits per heavy atom. The Balaban J connectivity index is 1.98. The predicted molar refractivity (Wildman–Crippen MR) is 113 cm³/mol. The van der Waals surface area contributed by atoms with Crippen molar-refractivity contribution < 1.29 is 17.9 Å². The maximum atomic E-state index is 12.4. The number of carbonyl (C=O) groups excluding carboxylic acids is 1. The van der Waals surface area contributed by atoms with Gasteiger partial charge in [0, 0.05) is 12.1 Å². The minimum Gasteiger partial charge on any atom is -0.491 e. The lowest BCUT2D eigenvalue weighted by Gasteiger charge is -2.22. The first-order valence-electron chi connectivity index (χ1n) is 9.38. The molecule has 0 unspecified atom stereocenters. The summed E-state index contributed by atoms with van der Waals surface area (Å²) in [6.07, 6.45) is 0. The summed E-state index contributed by atoms with van der Waals surface area (Å²) in [6.45, 7) is 7.93. The molecule has 0 aromatic heterocycles. The van der Waals surface area contributed by atoms with Gasteiger partial charge in [-0.25, -0.2) is 8.42 Å². The minimum atomic E-state index is -3.34. The van der Waals surface area contributed by atoms with E-state index in [1.54, 1.807) is 38.1 Å². The molecule has 2 aromatic rings. The van der Waals surface area contributed by atoms with Crippen LogP contribution in [-0.4, -0.2) is 39.3 Å². The number of benzene rings is 2. The topological polar surface area (TPSA) is 75.7 Å². The number of para-hydroxylation sites is 1. The number of rotatable bonds is 9. The van der Waals surface area contributed by atoms with Gasteiger partial charge in [-0.2, -0.15) is 0 Å². The van der Waals surface area contributed by atoms with Crippen LogP contribution in [0, 0.1) is 6.92 Å². The third kappa shape index (κ3) is 5.48. The minimum absolute atomic E-state index is 0.0292. The number of nitrogens with one attached hydrogen (secondary N) is 1. The molecule has 0 spiro atoms. The van der Waals surface area contributed by atoms with Gasteiger partial charge < -0.3 is 10.1 Å². The lowest BCUT2D eigenvalue weighted by molar-refractivity contribution is 0.0926. The lowest BCUT2D eigenvalue weighted by Crippen LogP contribution is -2.37. The lowest BCUT2D eigenvalue weighted by atomic mass is 10.2. The molecule has 7 heteroatoms. The largest absolute Gasteiger partial charge is 0.491 e. The van der Waals surface area contributed by atoms with Gasteiger partial charge in [-0.15, -0.1) is 0 Å². The van der Waals surface area contributed by atoms with Gasteiger partial charge in [0.1, 0.15) is 12.4 Å². The molecule has 0 saturated heterocycles. The molecule has 0 radical (unpaired) electrons. The van der Waals surface area contributed by atoms with Crippen LogP contribution < -0.4 is 14.4 Å². The van der Waals surface area contributed by atoms with Gasteiger partial charge in [0.25, 0.3) is 5.91 Å². The fourth-order valence-corrected chi connectivity index (χ4v) is 3.90. The second-order valence-corrected chi connectivity index (χ2v) is 8.75. The molecular weight excluding hydrogens is 376 g/mol. The highest BCUT2D eigenvalue weighted by Gasteiger charge is 2.19. The first-order chi connectivity index (χ1) is 13.3. The van der Waals surface area contributed by atoms with Crippen LogP contribution in [0.5, 0.6) is 5.75 Å². The Morgan fingerprint density at radius 3 is 2.32 bits per heavy atom. The van der Waals surface area contributed by atoms with E-state index >= 15 is 0 Å². The van der Waals surface area contributed by atoms with Crippen LogP contribution in [-0.2, 0) is 10.0 Å². The molecule has 0 aliphatic heterocycles. The van der Waals surface area contributed by atoms with E-state index in [-0.39, 0.29) is 17.7 Å². The number of hydrogen-bond acceptors (Lipinski definition) is 4. The van der Waals surface area contributed by atoms with E-state index in [1.807, 2.05) is 38.1 Å². The fraction of sp³-hybridized carbons (Fsp3) is 0.381. The van der Waals surface area contributed by atoms with Crippen molar-refractivity contribution in [2.24, 2.45) is 0 Å². The molecule has 0 heterocycles. The number of amides is 1. The molecular formula is C21H28N2O4S. The molecule has 1 amide bonds.